The summed E-state index contributed by atoms with van der Waals surface area (Å²) in [6.07, 6.45) is 3.53. The van der Waals surface area contributed by atoms with E-state index in [0.717, 1.165) is 36.3 Å². The van der Waals surface area contributed by atoms with Crippen LogP contribution in [-0.4, -0.2) is 48.4 Å². The summed E-state index contributed by atoms with van der Waals surface area (Å²) in [5.74, 6) is 0.775. The first-order valence-corrected chi connectivity index (χ1v) is 7.38. The second-order valence-corrected chi connectivity index (χ2v) is 5.34. The Balaban J connectivity index is 1.92. The minimum atomic E-state index is 0.185. The Bertz CT molecular complexity index is 631. The fourth-order valence-corrected chi connectivity index (χ4v) is 2.66. The van der Waals surface area contributed by atoms with E-state index in [-0.39, 0.29) is 5.75 Å². The topological polar surface area (TPSA) is 54.8 Å². The van der Waals surface area contributed by atoms with Crippen molar-refractivity contribution in [3.63, 3.8) is 0 Å². The number of rotatable bonds is 4. The third kappa shape index (κ3) is 3.21. The number of nitrogens with zero attached hydrogens (tertiary/aromatic N) is 2. The van der Waals surface area contributed by atoms with E-state index >= 15 is 0 Å². The number of pyridine rings is 1. The van der Waals surface area contributed by atoms with Crippen LogP contribution in [0.4, 0.5) is 0 Å². The molecule has 1 aliphatic rings. The predicted molar refractivity (Wildman–Crippen MR) is 84.0 cm³/mol. The van der Waals surface area contributed by atoms with E-state index in [2.05, 4.69) is 16.0 Å². The Hall–Kier alpha value is -2.11. The molecule has 5 nitrogen and oxygen atoms in total. The molecular formula is C17H20N2O3. The lowest BCUT2D eigenvalue weighted by Gasteiger charge is -2.18. The Morgan fingerprint density at radius 1 is 1.36 bits per heavy atom. The van der Waals surface area contributed by atoms with Crippen LogP contribution < -0.4 is 4.74 Å². The van der Waals surface area contributed by atoms with Gasteiger partial charge in [0.25, 0.3) is 0 Å². The standard InChI is InChI=1S/C17H20N2O3/c1-21-7-5-19-6-8-22-17-15(12-19)9-14(10-16(17)20)13-3-2-4-18-11-13/h2-4,9-11,20H,5-8,12H2,1H3. The van der Waals surface area contributed by atoms with E-state index in [1.54, 1.807) is 25.6 Å². The maximum absolute atomic E-state index is 10.3. The Morgan fingerprint density at radius 2 is 2.27 bits per heavy atom. The predicted octanol–water partition coefficient (Wildman–Crippen LogP) is 2.29. The van der Waals surface area contributed by atoms with Gasteiger partial charge in [-0.15, -0.1) is 0 Å². The average molecular weight is 300 g/mol. The van der Waals surface area contributed by atoms with Gasteiger partial charge in [0.1, 0.15) is 6.61 Å². The largest absolute Gasteiger partial charge is 0.504 e. The summed E-state index contributed by atoms with van der Waals surface area (Å²) in [5.41, 5.74) is 2.92. The third-order valence-electron chi connectivity index (χ3n) is 3.80. The van der Waals surface area contributed by atoms with Crippen molar-refractivity contribution in [3.05, 3.63) is 42.2 Å². The number of methoxy groups -OCH3 is 1. The van der Waals surface area contributed by atoms with Gasteiger partial charge in [0.05, 0.1) is 6.61 Å². The van der Waals surface area contributed by atoms with E-state index in [9.17, 15) is 5.11 Å². The first-order chi connectivity index (χ1) is 10.8. The van der Waals surface area contributed by atoms with Gasteiger partial charge in [-0.2, -0.15) is 0 Å². The number of hydrogen-bond acceptors (Lipinski definition) is 5. The van der Waals surface area contributed by atoms with Crippen LogP contribution in [0.25, 0.3) is 11.1 Å². The first kappa shape index (κ1) is 14.8. The van der Waals surface area contributed by atoms with Crippen LogP contribution in [0.2, 0.25) is 0 Å². The number of hydrogen-bond donors (Lipinski definition) is 1. The number of fused-ring (bicyclic) bond motifs is 1. The summed E-state index contributed by atoms with van der Waals surface area (Å²) in [6.45, 7) is 3.65. The molecule has 0 bridgehead atoms. The molecule has 1 aromatic carbocycles. The zero-order valence-corrected chi connectivity index (χ0v) is 12.7. The third-order valence-corrected chi connectivity index (χ3v) is 3.80. The van der Waals surface area contributed by atoms with Crippen molar-refractivity contribution in [1.82, 2.24) is 9.88 Å². The van der Waals surface area contributed by atoms with Gasteiger partial charge in [-0.25, -0.2) is 0 Å². The van der Waals surface area contributed by atoms with Crippen LogP contribution in [0.3, 0.4) is 0 Å². The van der Waals surface area contributed by atoms with E-state index in [1.807, 2.05) is 12.1 Å². The van der Waals surface area contributed by atoms with Crippen molar-refractivity contribution in [2.45, 2.75) is 6.54 Å². The van der Waals surface area contributed by atoms with Gasteiger partial charge in [-0.3, -0.25) is 9.88 Å². The Kier molecular flexibility index (Phi) is 4.56. The van der Waals surface area contributed by atoms with E-state index in [0.29, 0.717) is 19.0 Å². The smallest absolute Gasteiger partial charge is 0.165 e. The fraction of sp³-hybridized carbons (Fsp3) is 0.353. The van der Waals surface area contributed by atoms with Crippen molar-refractivity contribution in [2.75, 3.05) is 33.4 Å². The van der Waals surface area contributed by atoms with Gasteiger partial charge in [0.15, 0.2) is 11.5 Å². The van der Waals surface area contributed by atoms with Crippen molar-refractivity contribution >= 4 is 0 Å². The fourth-order valence-electron chi connectivity index (χ4n) is 2.66. The molecule has 1 N–H and O–H groups in total. The van der Waals surface area contributed by atoms with Gasteiger partial charge >= 0.3 is 0 Å². The minimum absolute atomic E-state index is 0.185. The molecule has 3 rings (SSSR count). The van der Waals surface area contributed by atoms with Crippen molar-refractivity contribution in [3.8, 4) is 22.6 Å². The molecule has 5 heteroatoms. The number of aromatic nitrogens is 1. The highest BCUT2D eigenvalue weighted by atomic mass is 16.5. The molecule has 0 fully saturated rings. The van der Waals surface area contributed by atoms with E-state index < -0.39 is 0 Å². The molecule has 0 saturated carbocycles. The van der Waals surface area contributed by atoms with Crippen molar-refractivity contribution in [2.24, 2.45) is 0 Å². The highest BCUT2D eigenvalue weighted by Crippen LogP contribution is 2.37. The summed E-state index contributed by atoms with van der Waals surface area (Å²) in [6, 6.07) is 7.67. The first-order valence-electron chi connectivity index (χ1n) is 7.38. The lowest BCUT2D eigenvalue weighted by atomic mass is 10.0. The van der Waals surface area contributed by atoms with Gasteiger partial charge < -0.3 is 14.6 Å². The minimum Gasteiger partial charge on any atom is -0.504 e. The number of benzene rings is 1. The van der Waals surface area contributed by atoms with E-state index in [4.69, 9.17) is 9.47 Å². The zero-order valence-electron chi connectivity index (χ0n) is 12.7. The monoisotopic (exact) mass is 300 g/mol. The molecule has 1 aromatic heterocycles. The molecule has 22 heavy (non-hydrogen) atoms. The highest BCUT2D eigenvalue weighted by molar-refractivity contribution is 5.68. The molecule has 2 aromatic rings. The number of phenolic OH excluding ortho intramolecular Hbond substituents is 1. The van der Waals surface area contributed by atoms with Gasteiger partial charge in [-0.05, 0) is 23.8 Å². The maximum Gasteiger partial charge on any atom is 0.165 e. The zero-order chi connectivity index (χ0) is 15.4. The Labute approximate surface area is 130 Å². The van der Waals surface area contributed by atoms with Gasteiger partial charge in [0.2, 0.25) is 0 Å². The summed E-state index contributed by atoms with van der Waals surface area (Å²) in [7, 11) is 1.70. The SMILES string of the molecule is COCCN1CCOc2c(O)cc(-c3cccnc3)cc2C1. The van der Waals surface area contributed by atoms with Crippen LogP contribution in [0.1, 0.15) is 5.56 Å². The number of aromatic hydroxyl groups is 1. The molecule has 0 aliphatic carbocycles. The van der Waals surface area contributed by atoms with Crippen molar-refractivity contribution < 1.29 is 14.6 Å². The molecule has 0 saturated heterocycles. The van der Waals surface area contributed by atoms with Gasteiger partial charge in [-0.1, -0.05) is 6.07 Å². The molecule has 0 radical (unpaired) electrons. The lowest BCUT2D eigenvalue weighted by molar-refractivity contribution is 0.138. The van der Waals surface area contributed by atoms with Crippen LogP contribution >= 0.6 is 0 Å². The summed E-state index contributed by atoms with van der Waals surface area (Å²) in [4.78, 5) is 6.40. The average Bonchev–Trinajstić information content (AvgIpc) is 2.76. The second kappa shape index (κ2) is 6.77. The molecule has 0 spiro atoms. The molecule has 116 valence electrons. The van der Waals surface area contributed by atoms with Crippen LogP contribution in [-0.2, 0) is 11.3 Å². The number of phenols is 1. The van der Waals surface area contributed by atoms with Crippen LogP contribution in [0.5, 0.6) is 11.5 Å². The molecule has 0 unspecified atom stereocenters. The quantitative estimate of drug-likeness (QED) is 0.939. The summed E-state index contributed by atoms with van der Waals surface area (Å²) < 4.78 is 10.9. The molecule has 2 heterocycles. The lowest BCUT2D eigenvalue weighted by Crippen LogP contribution is -2.29. The van der Waals surface area contributed by atoms with Crippen LogP contribution in [0.15, 0.2) is 36.7 Å². The molecule has 1 aliphatic heterocycles. The molecule has 0 atom stereocenters. The highest BCUT2D eigenvalue weighted by Gasteiger charge is 2.19. The second-order valence-electron chi connectivity index (χ2n) is 5.34. The molecular weight excluding hydrogens is 280 g/mol. The van der Waals surface area contributed by atoms with E-state index in [1.165, 1.54) is 0 Å². The van der Waals surface area contributed by atoms with Crippen molar-refractivity contribution in [1.29, 1.82) is 0 Å². The summed E-state index contributed by atoms with van der Waals surface area (Å²) >= 11 is 0. The normalized spacial score (nSPS) is 15.0. The van der Waals surface area contributed by atoms with Gasteiger partial charge in [0, 0.05) is 50.3 Å². The summed E-state index contributed by atoms with van der Waals surface area (Å²) in [5, 5.41) is 10.3. The molecule has 0 amide bonds. The Morgan fingerprint density at radius 3 is 3.05 bits per heavy atom. The number of ether oxygens (including phenoxy) is 2. The maximum atomic E-state index is 10.3. The van der Waals surface area contributed by atoms with Crippen LogP contribution in [0, 0.1) is 0 Å².